The third kappa shape index (κ3) is 5.45. The monoisotopic (exact) mass is 465 g/mol. The molecule has 174 valence electrons. The molecule has 0 bridgehead atoms. The van der Waals surface area contributed by atoms with E-state index >= 15 is 0 Å². The van der Waals surface area contributed by atoms with Gasteiger partial charge < -0.3 is 10.2 Å². The highest BCUT2D eigenvalue weighted by molar-refractivity contribution is 7.92. The molecule has 1 fully saturated rings. The number of piperidine rings is 1. The summed E-state index contributed by atoms with van der Waals surface area (Å²) in [5, 5.41) is 3.24. The molecule has 2 heterocycles. The van der Waals surface area contributed by atoms with Gasteiger partial charge in [-0.05, 0) is 82.3 Å². The largest absolute Gasteiger partial charge is 0.356 e. The van der Waals surface area contributed by atoms with Crippen LogP contribution in [-0.2, 0) is 10.0 Å². The maximum Gasteiger partial charge on any atom is 0.262 e. The Morgan fingerprint density at radius 3 is 2.06 bits per heavy atom. The smallest absolute Gasteiger partial charge is 0.262 e. The second-order valence-corrected chi connectivity index (χ2v) is 10.4. The van der Waals surface area contributed by atoms with E-state index in [0.717, 1.165) is 47.0 Å². The van der Waals surface area contributed by atoms with Crippen molar-refractivity contribution in [3.05, 3.63) is 64.8 Å². The third-order valence-electron chi connectivity index (χ3n) is 5.79. The highest BCUT2D eigenvalue weighted by Gasteiger charge is 2.20. The van der Waals surface area contributed by atoms with Crippen LogP contribution in [0.5, 0.6) is 0 Å². The Hall–Kier alpha value is -3.13. The van der Waals surface area contributed by atoms with Gasteiger partial charge in [-0.1, -0.05) is 17.7 Å². The van der Waals surface area contributed by atoms with Gasteiger partial charge in [-0.2, -0.15) is 4.98 Å². The van der Waals surface area contributed by atoms with Crippen LogP contribution in [0.25, 0.3) is 0 Å². The molecule has 3 aromatic rings. The van der Waals surface area contributed by atoms with Crippen LogP contribution in [0.2, 0.25) is 0 Å². The molecule has 8 heteroatoms. The molecule has 0 unspecified atom stereocenters. The van der Waals surface area contributed by atoms with Crippen molar-refractivity contribution >= 4 is 33.2 Å². The number of benzene rings is 2. The Balaban J connectivity index is 1.50. The van der Waals surface area contributed by atoms with E-state index in [4.69, 9.17) is 4.98 Å². The summed E-state index contributed by atoms with van der Waals surface area (Å²) in [6.45, 7) is 9.61. The molecule has 0 atom stereocenters. The van der Waals surface area contributed by atoms with Crippen LogP contribution >= 0.6 is 0 Å². The lowest BCUT2D eigenvalue weighted by Crippen LogP contribution is -2.30. The van der Waals surface area contributed by atoms with E-state index in [1.165, 1.54) is 19.3 Å². The second-order valence-electron chi connectivity index (χ2n) is 8.77. The topological polar surface area (TPSA) is 87.2 Å². The van der Waals surface area contributed by atoms with Gasteiger partial charge in [-0.25, -0.2) is 13.4 Å². The first-order valence-electron chi connectivity index (χ1n) is 11.3. The lowest BCUT2D eigenvalue weighted by Gasteiger charge is -2.28. The average molecular weight is 466 g/mol. The molecule has 1 aliphatic rings. The molecular formula is C25H31N5O2S. The standard InChI is InChI=1S/C25H31N5O2S/c1-17-14-18(2)24(19(3)15-17)33(31,32)29-22-10-8-21(9-11-22)27-25-26-20(4)16-23(28-25)30-12-6-5-7-13-30/h8-11,14-16,29H,5-7,12-13H2,1-4H3,(H,26,27,28). The fraction of sp³-hybridized carbons (Fsp3) is 0.360. The summed E-state index contributed by atoms with van der Waals surface area (Å²) in [6.07, 6.45) is 3.64. The molecule has 1 saturated heterocycles. The van der Waals surface area contributed by atoms with Gasteiger partial charge in [0.25, 0.3) is 10.0 Å². The molecule has 1 aromatic heterocycles. The molecule has 0 saturated carbocycles. The summed E-state index contributed by atoms with van der Waals surface area (Å²) in [5.74, 6) is 1.48. The van der Waals surface area contributed by atoms with Crippen LogP contribution in [-0.4, -0.2) is 31.5 Å². The fourth-order valence-corrected chi connectivity index (χ4v) is 5.95. The molecule has 0 spiro atoms. The van der Waals surface area contributed by atoms with E-state index in [1.807, 2.05) is 58.0 Å². The van der Waals surface area contributed by atoms with Crippen LogP contribution in [0.4, 0.5) is 23.1 Å². The molecule has 4 rings (SSSR count). The molecule has 1 aliphatic heterocycles. The van der Waals surface area contributed by atoms with Crippen LogP contribution < -0.4 is 14.9 Å². The highest BCUT2D eigenvalue weighted by atomic mass is 32.2. The van der Waals surface area contributed by atoms with E-state index in [-0.39, 0.29) is 0 Å². The van der Waals surface area contributed by atoms with Crippen molar-refractivity contribution in [2.24, 2.45) is 0 Å². The van der Waals surface area contributed by atoms with Crippen molar-refractivity contribution in [3.8, 4) is 0 Å². The van der Waals surface area contributed by atoms with Gasteiger partial charge in [0.1, 0.15) is 5.82 Å². The molecule has 2 N–H and O–H groups in total. The first-order chi connectivity index (χ1) is 15.7. The van der Waals surface area contributed by atoms with E-state index in [2.05, 4.69) is 19.9 Å². The SMILES string of the molecule is Cc1cc(C)c(S(=O)(=O)Nc2ccc(Nc3nc(C)cc(N4CCCCC4)n3)cc2)c(C)c1. The quantitative estimate of drug-likeness (QED) is 0.517. The molecule has 2 aromatic carbocycles. The number of aryl methyl sites for hydroxylation is 4. The van der Waals surface area contributed by atoms with Crippen LogP contribution in [0.15, 0.2) is 47.4 Å². The van der Waals surface area contributed by atoms with Crippen molar-refractivity contribution in [2.75, 3.05) is 28.0 Å². The lowest BCUT2D eigenvalue weighted by molar-refractivity contribution is 0.573. The van der Waals surface area contributed by atoms with Crippen molar-refractivity contribution in [2.45, 2.75) is 51.9 Å². The maximum absolute atomic E-state index is 13.0. The van der Waals surface area contributed by atoms with E-state index in [0.29, 0.717) is 16.5 Å². The van der Waals surface area contributed by atoms with E-state index in [9.17, 15) is 8.42 Å². The molecular weight excluding hydrogens is 434 g/mol. The third-order valence-corrected chi connectivity index (χ3v) is 7.47. The summed E-state index contributed by atoms with van der Waals surface area (Å²) in [6, 6.07) is 12.9. The minimum Gasteiger partial charge on any atom is -0.356 e. The summed E-state index contributed by atoms with van der Waals surface area (Å²) in [4.78, 5) is 11.8. The average Bonchev–Trinajstić information content (AvgIpc) is 2.74. The molecule has 0 amide bonds. The number of sulfonamides is 1. The first kappa shape index (κ1) is 23.0. The minimum atomic E-state index is -3.69. The number of nitrogens with zero attached hydrogens (tertiary/aromatic N) is 3. The summed E-state index contributed by atoms with van der Waals surface area (Å²) in [5.41, 5.74) is 4.70. The number of aromatic nitrogens is 2. The molecule has 0 radical (unpaired) electrons. The fourth-order valence-electron chi connectivity index (χ4n) is 4.44. The second kappa shape index (κ2) is 9.39. The van der Waals surface area contributed by atoms with Crippen molar-refractivity contribution in [1.82, 2.24) is 9.97 Å². The van der Waals surface area contributed by atoms with Gasteiger partial charge in [0.15, 0.2) is 0 Å². The minimum absolute atomic E-state index is 0.328. The van der Waals surface area contributed by atoms with Gasteiger partial charge in [0, 0.05) is 36.2 Å². The summed E-state index contributed by atoms with van der Waals surface area (Å²) < 4.78 is 28.7. The predicted octanol–water partition coefficient (Wildman–Crippen LogP) is 5.24. The Kier molecular flexibility index (Phi) is 6.56. The Morgan fingerprint density at radius 2 is 1.42 bits per heavy atom. The number of anilines is 4. The molecule has 7 nitrogen and oxygen atoms in total. The summed E-state index contributed by atoms with van der Waals surface area (Å²) in [7, 11) is -3.69. The Labute approximate surface area is 196 Å². The van der Waals surface area contributed by atoms with Gasteiger partial charge >= 0.3 is 0 Å². The van der Waals surface area contributed by atoms with Gasteiger partial charge in [0.05, 0.1) is 4.90 Å². The normalized spacial score (nSPS) is 14.2. The molecule has 0 aliphatic carbocycles. The highest BCUT2D eigenvalue weighted by Crippen LogP contribution is 2.26. The zero-order valence-electron chi connectivity index (χ0n) is 19.6. The molecule has 33 heavy (non-hydrogen) atoms. The number of hydrogen-bond acceptors (Lipinski definition) is 6. The van der Waals surface area contributed by atoms with Crippen LogP contribution in [0.1, 0.15) is 41.6 Å². The lowest BCUT2D eigenvalue weighted by atomic mass is 10.1. The van der Waals surface area contributed by atoms with Crippen LogP contribution in [0, 0.1) is 27.7 Å². The summed E-state index contributed by atoms with van der Waals surface area (Å²) >= 11 is 0. The van der Waals surface area contributed by atoms with Crippen LogP contribution in [0.3, 0.4) is 0 Å². The van der Waals surface area contributed by atoms with Gasteiger partial charge in [-0.3, -0.25) is 4.72 Å². The first-order valence-corrected chi connectivity index (χ1v) is 12.8. The van der Waals surface area contributed by atoms with Gasteiger partial charge in [-0.15, -0.1) is 0 Å². The number of rotatable bonds is 6. The van der Waals surface area contributed by atoms with E-state index < -0.39 is 10.0 Å². The van der Waals surface area contributed by atoms with Crippen molar-refractivity contribution in [3.63, 3.8) is 0 Å². The number of nitrogens with one attached hydrogen (secondary N) is 2. The maximum atomic E-state index is 13.0. The number of hydrogen-bond donors (Lipinski definition) is 2. The zero-order valence-corrected chi connectivity index (χ0v) is 20.5. The Morgan fingerprint density at radius 1 is 0.818 bits per heavy atom. The zero-order chi connectivity index (χ0) is 23.6. The van der Waals surface area contributed by atoms with Crippen molar-refractivity contribution in [1.29, 1.82) is 0 Å². The van der Waals surface area contributed by atoms with Crippen molar-refractivity contribution < 1.29 is 8.42 Å². The van der Waals surface area contributed by atoms with Gasteiger partial charge in [0.2, 0.25) is 5.95 Å². The van der Waals surface area contributed by atoms with E-state index in [1.54, 1.807) is 12.1 Å². The predicted molar refractivity (Wildman–Crippen MR) is 134 cm³/mol. The Bertz CT molecular complexity index is 1230.